The van der Waals surface area contributed by atoms with E-state index in [0.29, 0.717) is 0 Å². The molecule has 0 heterocycles. The minimum atomic E-state index is -0.465. The predicted octanol–water partition coefficient (Wildman–Crippen LogP) is 2.54. The Labute approximate surface area is 91.2 Å². The van der Waals surface area contributed by atoms with Crippen molar-refractivity contribution >= 4 is 23.7 Å². The van der Waals surface area contributed by atoms with Gasteiger partial charge in [-0.2, -0.15) is 0 Å². The van der Waals surface area contributed by atoms with E-state index in [4.69, 9.17) is 17.0 Å². The van der Waals surface area contributed by atoms with E-state index in [9.17, 15) is 4.79 Å². The topological polar surface area (TPSA) is 38.3 Å². The van der Waals surface area contributed by atoms with Gasteiger partial charge in [-0.1, -0.05) is 26.1 Å². The lowest BCUT2D eigenvalue weighted by Crippen LogP contribution is -2.42. The fourth-order valence-electron chi connectivity index (χ4n) is 0.801. The van der Waals surface area contributed by atoms with Crippen LogP contribution in [0.4, 0.5) is 4.79 Å². The van der Waals surface area contributed by atoms with Gasteiger partial charge in [0.2, 0.25) is 0 Å². The molecule has 0 unspecified atom stereocenters. The molecule has 14 heavy (non-hydrogen) atoms. The van der Waals surface area contributed by atoms with Crippen molar-refractivity contribution < 1.29 is 9.53 Å². The largest absolute Gasteiger partial charge is 0.444 e. The highest BCUT2D eigenvalue weighted by Gasteiger charge is 2.19. The average Bonchev–Trinajstić information content (AvgIpc) is 1.96. The van der Waals surface area contributed by atoms with Gasteiger partial charge in [-0.05, 0) is 26.7 Å². The maximum absolute atomic E-state index is 11.3. The number of alkyl carbamates (subject to hydrolysis) is 1. The highest BCUT2D eigenvalue weighted by atomic mass is 32.1. The molecule has 0 saturated heterocycles. The number of ether oxygens (including phenoxy) is 1. The Morgan fingerprint density at radius 2 is 1.93 bits per heavy atom. The molecule has 0 aliphatic rings. The van der Waals surface area contributed by atoms with Gasteiger partial charge in [-0.25, -0.2) is 4.79 Å². The van der Waals surface area contributed by atoms with Crippen molar-refractivity contribution in [2.45, 2.75) is 46.3 Å². The van der Waals surface area contributed by atoms with E-state index in [2.05, 4.69) is 5.32 Å². The number of nitrogens with one attached hydrogen (secondary N) is 1. The first kappa shape index (κ1) is 13.4. The van der Waals surface area contributed by atoms with Crippen LogP contribution in [0.3, 0.4) is 0 Å². The molecule has 0 aliphatic carbocycles. The number of rotatable bonds is 3. The molecule has 0 aliphatic heterocycles. The minimum absolute atomic E-state index is 0.111. The van der Waals surface area contributed by atoms with E-state index >= 15 is 0 Å². The molecule has 0 rings (SSSR count). The van der Waals surface area contributed by atoms with E-state index in [-0.39, 0.29) is 12.0 Å². The number of hydrogen-bond donors (Lipinski definition) is 1. The van der Waals surface area contributed by atoms with E-state index < -0.39 is 11.7 Å². The maximum Gasteiger partial charge on any atom is 0.408 e. The Bertz CT molecular complexity index is 209. The third-order valence-corrected chi connectivity index (χ3v) is 1.84. The zero-order chi connectivity index (χ0) is 11.4. The fourth-order valence-corrected chi connectivity index (χ4v) is 1.18. The number of carbonyl (C=O) groups is 1. The normalized spacial score (nSPS) is 13.6. The summed E-state index contributed by atoms with van der Waals surface area (Å²) in [4.78, 5) is 11.3. The van der Waals surface area contributed by atoms with Crippen molar-refractivity contribution in [1.29, 1.82) is 0 Å². The number of amides is 1. The van der Waals surface area contributed by atoms with Crippen LogP contribution in [0.15, 0.2) is 0 Å². The van der Waals surface area contributed by atoms with Crippen molar-refractivity contribution in [3.05, 3.63) is 0 Å². The Hall–Kier alpha value is -0.640. The van der Waals surface area contributed by atoms with Gasteiger partial charge in [-0.15, -0.1) is 0 Å². The first-order valence-electron chi connectivity index (χ1n) is 4.71. The van der Waals surface area contributed by atoms with Gasteiger partial charge < -0.3 is 10.1 Å². The second-order valence-electron chi connectivity index (χ2n) is 4.55. The molecule has 0 aromatic heterocycles. The second-order valence-corrected chi connectivity index (χ2v) is 4.82. The lowest BCUT2D eigenvalue weighted by molar-refractivity contribution is 0.0510. The summed E-state index contributed by atoms with van der Waals surface area (Å²) < 4.78 is 5.10. The Kier molecular flexibility index (Phi) is 5.05. The van der Waals surface area contributed by atoms with Crippen LogP contribution in [0, 0.1) is 5.92 Å². The number of carbonyl (C=O) groups excluding carboxylic acids is 1. The third kappa shape index (κ3) is 5.91. The molecule has 82 valence electrons. The van der Waals surface area contributed by atoms with Crippen molar-refractivity contribution in [3.8, 4) is 0 Å². The summed E-state index contributed by atoms with van der Waals surface area (Å²) in [5.74, 6) is 0.278. The summed E-state index contributed by atoms with van der Waals surface area (Å²) in [5.41, 5.74) is -0.465. The molecule has 1 N–H and O–H groups in total. The molecule has 0 aromatic rings. The van der Waals surface area contributed by atoms with Crippen molar-refractivity contribution in [1.82, 2.24) is 5.32 Å². The van der Waals surface area contributed by atoms with Crippen LogP contribution in [0.2, 0.25) is 0 Å². The monoisotopic (exact) mass is 217 g/mol. The van der Waals surface area contributed by atoms with Gasteiger partial charge in [0.05, 0.1) is 6.04 Å². The molecule has 1 amide bonds. The molecular weight excluding hydrogens is 198 g/mol. The Morgan fingerprint density at radius 1 is 1.43 bits per heavy atom. The van der Waals surface area contributed by atoms with Crippen LogP contribution in [0.25, 0.3) is 0 Å². The van der Waals surface area contributed by atoms with Crippen molar-refractivity contribution in [2.75, 3.05) is 0 Å². The van der Waals surface area contributed by atoms with Gasteiger partial charge in [0.15, 0.2) is 0 Å². The van der Waals surface area contributed by atoms with Crippen LogP contribution < -0.4 is 5.32 Å². The quantitative estimate of drug-likeness (QED) is 0.738. The number of thiocarbonyl (C=S) groups is 1. The standard InChI is InChI=1S/C10H19NO2S/c1-7(2)8(6-14)11-9(12)13-10(3,4)5/h6-8H,1-5H3,(H,11,12)/t8-/m1/s1. The smallest absolute Gasteiger partial charge is 0.408 e. The highest BCUT2D eigenvalue weighted by Crippen LogP contribution is 2.07. The fraction of sp³-hybridized carbons (Fsp3) is 0.800. The SMILES string of the molecule is CC(C)[C@@H](C=S)NC(=O)OC(C)(C)C. The van der Waals surface area contributed by atoms with Crippen molar-refractivity contribution in [3.63, 3.8) is 0 Å². The zero-order valence-electron chi connectivity index (χ0n) is 9.46. The zero-order valence-corrected chi connectivity index (χ0v) is 10.3. The number of hydrogen-bond acceptors (Lipinski definition) is 3. The molecule has 0 fully saturated rings. The molecule has 0 bridgehead atoms. The molecule has 0 spiro atoms. The average molecular weight is 217 g/mol. The Morgan fingerprint density at radius 3 is 2.21 bits per heavy atom. The van der Waals surface area contributed by atoms with Gasteiger partial charge >= 0.3 is 6.09 Å². The van der Waals surface area contributed by atoms with Gasteiger partial charge in [0.25, 0.3) is 0 Å². The summed E-state index contributed by atoms with van der Waals surface area (Å²) in [5, 5.41) is 4.25. The Balaban J connectivity index is 4.11. The summed E-state index contributed by atoms with van der Waals surface area (Å²) in [6, 6.07) is -0.111. The summed E-state index contributed by atoms with van der Waals surface area (Å²) in [6.45, 7) is 9.47. The van der Waals surface area contributed by atoms with Gasteiger partial charge in [0.1, 0.15) is 5.60 Å². The molecular formula is C10H19NO2S. The highest BCUT2D eigenvalue weighted by molar-refractivity contribution is 7.79. The van der Waals surface area contributed by atoms with E-state index in [1.807, 2.05) is 34.6 Å². The van der Waals surface area contributed by atoms with Gasteiger partial charge in [-0.3, -0.25) is 0 Å². The lowest BCUT2D eigenvalue weighted by Gasteiger charge is -2.23. The molecule has 3 nitrogen and oxygen atoms in total. The van der Waals surface area contributed by atoms with E-state index in [1.54, 1.807) is 5.37 Å². The van der Waals surface area contributed by atoms with Crippen LogP contribution in [-0.2, 0) is 4.74 Å². The van der Waals surface area contributed by atoms with E-state index in [1.165, 1.54) is 0 Å². The van der Waals surface area contributed by atoms with Gasteiger partial charge in [0, 0.05) is 5.37 Å². The van der Waals surface area contributed by atoms with Crippen molar-refractivity contribution in [2.24, 2.45) is 5.92 Å². The minimum Gasteiger partial charge on any atom is -0.444 e. The first-order valence-corrected chi connectivity index (χ1v) is 5.18. The molecule has 4 heteroatoms. The second kappa shape index (κ2) is 5.29. The maximum atomic E-state index is 11.3. The lowest BCUT2D eigenvalue weighted by atomic mass is 10.1. The summed E-state index contributed by atoms with van der Waals surface area (Å²) in [7, 11) is 0. The molecule has 1 atom stereocenters. The molecule has 0 saturated carbocycles. The summed E-state index contributed by atoms with van der Waals surface area (Å²) >= 11 is 4.81. The first-order chi connectivity index (χ1) is 6.26. The van der Waals surface area contributed by atoms with Crippen LogP contribution >= 0.6 is 12.2 Å². The van der Waals surface area contributed by atoms with Crippen LogP contribution in [0.5, 0.6) is 0 Å². The van der Waals surface area contributed by atoms with E-state index in [0.717, 1.165) is 0 Å². The third-order valence-electron chi connectivity index (χ3n) is 1.55. The predicted molar refractivity (Wildman–Crippen MR) is 61.7 cm³/mol. The van der Waals surface area contributed by atoms with Crippen LogP contribution in [-0.4, -0.2) is 23.1 Å². The molecule has 0 aromatic carbocycles. The summed E-state index contributed by atoms with van der Waals surface area (Å²) in [6.07, 6.45) is -0.419. The van der Waals surface area contributed by atoms with Crippen LogP contribution in [0.1, 0.15) is 34.6 Å². The molecule has 0 radical (unpaired) electrons.